The Kier molecular flexibility index (Phi) is 12.0. The van der Waals surface area contributed by atoms with Crippen molar-refractivity contribution < 1.29 is 23.4 Å². The first-order valence-corrected chi connectivity index (χ1v) is 15.3. The van der Waals surface area contributed by atoms with Crippen LogP contribution in [0.4, 0.5) is 0 Å². The Balaban J connectivity index is 2.77. The Bertz CT molecular complexity index is 651. The second kappa shape index (κ2) is 13.2. The summed E-state index contributed by atoms with van der Waals surface area (Å²) in [5.74, 6) is 0.419. The topological polar surface area (TPSA) is 54.0 Å². The molecular weight excluding hydrogens is 432 g/mol. The van der Waals surface area contributed by atoms with Crippen LogP contribution in [0.25, 0.3) is 0 Å². The first-order valence-electron chi connectivity index (χ1n) is 12.4. The van der Waals surface area contributed by atoms with E-state index in [2.05, 4.69) is 60.4 Å². The molecule has 0 spiro atoms. The first kappa shape index (κ1) is 30.1. The fourth-order valence-electron chi connectivity index (χ4n) is 4.25. The van der Waals surface area contributed by atoms with E-state index in [1.807, 2.05) is 13.0 Å². The lowest BCUT2D eigenvalue weighted by molar-refractivity contribution is -0.189. The van der Waals surface area contributed by atoms with E-state index in [-0.39, 0.29) is 35.2 Å². The van der Waals surface area contributed by atoms with Crippen LogP contribution in [0.15, 0.2) is 24.3 Å². The normalized spacial score (nSPS) is 25.3. The van der Waals surface area contributed by atoms with Crippen LogP contribution in [0, 0.1) is 17.8 Å². The Morgan fingerprint density at radius 1 is 1.30 bits per heavy atom. The predicted octanol–water partition coefficient (Wildman–Crippen LogP) is 6.54. The molecule has 1 fully saturated rings. The number of carbonyl (C=O) groups excluding carboxylic acids is 1. The van der Waals surface area contributed by atoms with Gasteiger partial charge < -0.3 is 18.6 Å². The fraction of sp³-hybridized carbons (Fsp3) is 0.815. The van der Waals surface area contributed by atoms with Crippen molar-refractivity contribution in [1.82, 2.24) is 0 Å². The van der Waals surface area contributed by atoms with Crippen molar-refractivity contribution >= 4 is 14.3 Å². The number of esters is 1. The minimum Gasteiger partial charge on any atom is -0.457 e. The number of ether oxygens (including phenoxy) is 3. The van der Waals surface area contributed by atoms with Gasteiger partial charge in [0.05, 0.1) is 18.1 Å². The van der Waals surface area contributed by atoms with Crippen LogP contribution in [0.5, 0.6) is 0 Å². The molecule has 1 aliphatic heterocycles. The van der Waals surface area contributed by atoms with Gasteiger partial charge in [-0.15, -0.1) is 6.58 Å². The zero-order valence-corrected chi connectivity index (χ0v) is 23.9. The Morgan fingerprint density at radius 3 is 2.45 bits per heavy atom. The maximum absolute atomic E-state index is 12.2. The summed E-state index contributed by atoms with van der Waals surface area (Å²) in [5, 5.41) is 0.203. The highest BCUT2D eigenvalue weighted by Gasteiger charge is 2.41. The molecule has 0 aromatic rings. The van der Waals surface area contributed by atoms with Gasteiger partial charge in [-0.25, -0.2) is 0 Å². The second-order valence-electron chi connectivity index (χ2n) is 11.5. The number of hydrogen-bond donors (Lipinski definition) is 0. The third-order valence-electron chi connectivity index (χ3n) is 7.34. The molecule has 1 heterocycles. The number of rotatable bonds is 13. The SMILES string of the molecule is C=CC[C@H](/C=C(\C)C[C@H](C)C[C@@H](OC)[C@H]1OC(=O)[C@H](C)C[C@@H]1OC)CO[Si](C)(C)C(C)(C)C. The standard InChI is InChI=1S/C27H50O5Si/c1-12-13-22(18-31-33(10,11)27(5,6)7)15-19(2)14-20(3)16-23(29-8)25-24(30-9)17-21(4)26(28)32-25/h12,15,20-25H,1,13-14,16-18H2,2-11H3/b19-15+/t20-,21+,22+,23+,24-,25+/m0/s1. The minimum atomic E-state index is -1.78. The zero-order valence-electron chi connectivity index (χ0n) is 22.9. The van der Waals surface area contributed by atoms with Crippen LogP contribution >= 0.6 is 0 Å². The number of allylic oxidation sites excluding steroid dienone is 2. The maximum Gasteiger partial charge on any atom is 0.309 e. The lowest BCUT2D eigenvalue weighted by Gasteiger charge is -2.38. The average molecular weight is 483 g/mol. The van der Waals surface area contributed by atoms with Crippen LogP contribution in [-0.2, 0) is 23.4 Å². The zero-order chi connectivity index (χ0) is 25.4. The largest absolute Gasteiger partial charge is 0.457 e. The first-order chi connectivity index (χ1) is 15.2. The maximum atomic E-state index is 12.2. The molecule has 6 heteroatoms. The van der Waals surface area contributed by atoms with Gasteiger partial charge in [-0.2, -0.15) is 0 Å². The van der Waals surface area contributed by atoms with E-state index in [9.17, 15) is 4.79 Å². The summed E-state index contributed by atoms with van der Waals surface area (Å²) < 4.78 is 23.6. The molecule has 33 heavy (non-hydrogen) atoms. The predicted molar refractivity (Wildman–Crippen MR) is 139 cm³/mol. The third kappa shape index (κ3) is 9.31. The summed E-state index contributed by atoms with van der Waals surface area (Å²) in [6.07, 6.45) is 7.02. The van der Waals surface area contributed by atoms with Gasteiger partial charge in [0.1, 0.15) is 0 Å². The van der Waals surface area contributed by atoms with Crippen LogP contribution in [-0.4, -0.2) is 53.4 Å². The molecule has 0 bridgehead atoms. The van der Waals surface area contributed by atoms with Crippen LogP contribution in [0.2, 0.25) is 18.1 Å². The van der Waals surface area contributed by atoms with E-state index in [1.54, 1.807) is 14.2 Å². The molecule has 0 amide bonds. The number of methoxy groups -OCH3 is 2. The lowest BCUT2D eigenvalue weighted by Crippen LogP contribution is -2.49. The smallest absolute Gasteiger partial charge is 0.309 e. The molecule has 0 aliphatic carbocycles. The van der Waals surface area contributed by atoms with E-state index in [4.69, 9.17) is 18.6 Å². The summed E-state index contributed by atoms with van der Waals surface area (Å²) in [6, 6.07) is 0. The number of cyclic esters (lactones) is 1. The van der Waals surface area contributed by atoms with Gasteiger partial charge in [0.2, 0.25) is 0 Å². The number of carbonyl (C=O) groups is 1. The summed E-state index contributed by atoms with van der Waals surface area (Å²) in [5.41, 5.74) is 1.35. The summed E-state index contributed by atoms with van der Waals surface area (Å²) in [4.78, 5) is 12.2. The van der Waals surface area contributed by atoms with Crippen LogP contribution in [0.1, 0.15) is 67.2 Å². The van der Waals surface area contributed by atoms with E-state index in [0.717, 1.165) is 25.9 Å². The van der Waals surface area contributed by atoms with Gasteiger partial charge in [-0.05, 0) is 56.7 Å². The molecule has 6 atom stereocenters. The second-order valence-corrected chi connectivity index (χ2v) is 16.3. The summed E-state index contributed by atoms with van der Waals surface area (Å²) in [7, 11) is 1.59. The van der Waals surface area contributed by atoms with Crippen molar-refractivity contribution in [3.8, 4) is 0 Å². The molecule has 1 aliphatic rings. The van der Waals surface area contributed by atoms with E-state index in [1.165, 1.54) is 5.57 Å². The van der Waals surface area contributed by atoms with Crippen molar-refractivity contribution in [2.75, 3.05) is 20.8 Å². The van der Waals surface area contributed by atoms with Gasteiger partial charge in [0.25, 0.3) is 0 Å². The minimum absolute atomic E-state index is 0.129. The summed E-state index contributed by atoms with van der Waals surface area (Å²) in [6.45, 7) is 22.4. The highest BCUT2D eigenvalue weighted by Crippen LogP contribution is 2.37. The number of hydrogen-bond acceptors (Lipinski definition) is 5. The van der Waals surface area contributed by atoms with Crippen molar-refractivity contribution in [3.05, 3.63) is 24.3 Å². The molecule has 0 unspecified atom stereocenters. The molecule has 1 saturated heterocycles. The Hall–Kier alpha value is -0.953. The van der Waals surface area contributed by atoms with E-state index >= 15 is 0 Å². The van der Waals surface area contributed by atoms with Gasteiger partial charge in [-0.3, -0.25) is 4.79 Å². The Labute approximate surface area is 204 Å². The quantitative estimate of drug-likeness (QED) is 0.169. The van der Waals surface area contributed by atoms with Gasteiger partial charge >= 0.3 is 5.97 Å². The third-order valence-corrected chi connectivity index (χ3v) is 11.8. The highest BCUT2D eigenvalue weighted by molar-refractivity contribution is 6.74. The molecule has 1 rings (SSSR count). The molecule has 0 aromatic heterocycles. The van der Waals surface area contributed by atoms with Gasteiger partial charge in [0, 0.05) is 26.7 Å². The van der Waals surface area contributed by atoms with E-state index in [0.29, 0.717) is 18.3 Å². The molecule has 0 saturated carbocycles. The molecule has 0 N–H and O–H groups in total. The molecule has 5 nitrogen and oxygen atoms in total. The van der Waals surface area contributed by atoms with Crippen molar-refractivity contribution in [1.29, 1.82) is 0 Å². The average Bonchev–Trinajstić information content (AvgIpc) is 2.71. The van der Waals surface area contributed by atoms with E-state index < -0.39 is 8.32 Å². The molecule has 192 valence electrons. The van der Waals surface area contributed by atoms with Crippen LogP contribution < -0.4 is 0 Å². The van der Waals surface area contributed by atoms with Crippen molar-refractivity contribution in [2.45, 2.75) is 104 Å². The van der Waals surface area contributed by atoms with Crippen LogP contribution in [0.3, 0.4) is 0 Å². The van der Waals surface area contributed by atoms with Gasteiger partial charge in [-0.1, -0.05) is 52.3 Å². The van der Waals surface area contributed by atoms with Crippen molar-refractivity contribution in [2.24, 2.45) is 17.8 Å². The monoisotopic (exact) mass is 482 g/mol. The molecule has 0 radical (unpaired) electrons. The lowest BCUT2D eigenvalue weighted by atomic mass is 9.87. The Morgan fingerprint density at radius 2 is 1.94 bits per heavy atom. The highest BCUT2D eigenvalue weighted by atomic mass is 28.4. The summed E-state index contributed by atoms with van der Waals surface area (Å²) >= 11 is 0. The molecule has 0 aromatic carbocycles. The van der Waals surface area contributed by atoms with Gasteiger partial charge in [0.15, 0.2) is 14.4 Å². The fourth-order valence-corrected chi connectivity index (χ4v) is 5.31. The molecular formula is C27H50O5Si. The van der Waals surface area contributed by atoms with Crippen molar-refractivity contribution in [3.63, 3.8) is 0 Å².